The van der Waals surface area contributed by atoms with E-state index in [4.69, 9.17) is 12.2 Å². The molecule has 12 heavy (non-hydrogen) atoms. The van der Waals surface area contributed by atoms with Crippen LogP contribution in [0, 0.1) is 12.3 Å². The second-order valence-electron chi connectivity index (χ2n) is 2.44. The van der Waals surface area contributed by atoms with Crippen LogP contribution in [-0.2, 0) is 0 Å². The lowest BCUT2D eigenvalue weighted by atomic mass is 10.3. The smallest absolute Gasteiger partial charge is 0.101 e. The van der Waals surface area contributed by atoms with Gasteiger partial charge < -0.3 is 5.73 Å². The molecule has 2 rings (SSSR count). The zero-order valence-corrected chi connectivity index (χ0v) is 7.91. The van der Waals surface area contributed by atoms with E-state index < -0.39 is 0 Å². The lowest BCUT2D eigenvalue weighted by Gasteiger charge is -1.96. The van der Waals surface area contributed by atoms with Crippen LogP contribution in [0.1, 0.15) is 10.9 Å². The Morgan fingerprint density at radius 2 is 2.33 bits per heavy atom. The van der Waals surface area contributed by atoms with Gasteiger partial charge >= 0.3 is 0 Å². The minimum atomic E-state index is -0.241. The Morgan fingerprint density at radius 3 is 3.00 bits per heavy atom. The van der Waals surface area contributed by atoms with Crippen molar-refractivity contribution in [1.29, 1.82) is 0 Å². The zero-order chi connectivity index (χ0) is 8.55. The summed E-state index contributed by atoms with van der Waals surface area (Å²) in [6, 6.07) is 3.93. The van der Waals surface area contributed by atoms with E-state index in [2.05, 4.69) is 23.4 Å². The van der Waals surface area contributed by atoms with Crippen molar-refractivity contribution in [1.82, 2.24) is 0 Å². The van der Waals surface area contributed by atoms with Crippen molar-refractivity contribution in [3.05, 3.63) is 22.4 Å². The molecule has 0 bridgehead atoms. The van der Waals surface area contributed by atoms with Gasteiger partial charge in [-0.2, -0.15) is 0 Å². The van der Waals surface area contributed by atoms with E-state index in [1.807, 2.05) is 0 Å². The van der Waals surface area contributed by atoms with Crippen LogP contribution in [0.3, 0.4) is 0 Å². The molecule has 0 aromatic carbocycles. The van der Waals surface area contributed by atoms with Gasteiger partial charge in [-0.05, 0) is 17.5 Å². The third-order valence-electron chi connectivity index (χ3n) is 1.64. The monoisotopic (exact) mass is 193 g/mol. The average Bonchev–Trinajstić information content (AvgIpc) is 2.60. The molecule has 0 saturated carbocycles. The van der Waals surface area contributed by atoms with Crippen LogP contribution in [0.4, 0.5) is 0 Å². The summed E-state index contributed by atoms with van der Waals surface area (Å²) in [5.74, 6) is 2.52. The standard InChI is InChI=1S/C9H7NS2/c1-2-6(10)8-5-9-7(12-8)3-4-11-9/h1,3-6H,10H2. The summed E-state index contributed by atoms with van der Waals surface area (Å²) in [7, 11) is 0. The molecule has 0 aliphatic rings. The lowest BCUT2D eigenvalue weighted by molar-refractivity contribution is 0.975. The van der Waals surface area contributed by atoms with Gasteiger partial charge in [-0.15, -0.1) is 29.1 Å². The first-order chi connectivity index (χ1) is 5.81. The van der Waals surface area contributed by atoms with Gasteiger partial charge in [0.15, 0.2) is 0 Å². The number of hydrogen-bond donors (Lipinski definition) is 1. The Morgan fingerprint density at radius 1 is 1.50 bits per heavy atom. The van der Waals surface area contributed by atoms with E-state index in [1.165, 1.54) is 9.40 Å². The first-order valence-corrected chi connectivity index (χ1v) is 5.19. The Labute approximate surface area is 78.8 Å². The summed E-state index contributed by atoms with van der Waals surface area (Å²) in [5.41, 5.74) is 5.70. The third-order valence-corrected chi connectivity index (χ3v) is 3.82. The molecular formula is C9H7NS2. The number of fused-ring (bicyclic) bond motifs is 1. The predicted octanol–water partition coefficient (Wildman–Crippen LogP) is 2.60. The molecule has 0 amide bonds. The van der Waals surface area contributed by atoms with Gasteiger partial charge in [-0.3, -0.25) is 0 Å². The van der Waals surface area contributed by atoms with Crippen molar-refractivity contribution in [2.45, 2.75) is 6.04 Å². The third kappa shape index (κ3) is 1.14. The molecule has 3 heteroatoms. The van der Waals surface area contributed by atoms with Crippen LogP contribution in [0.15, 0.2) is 17.5 Å². The highest BCUT2D eigenvalue weighted by Gasteiger charge is 2.07. The molecule has 0 fully saturated rings. The molecule has 0 radical (unpaired) electrons. The van der Waals surface area contributed by atoms with Crippen molar-refractivity contribution in [3.63, 3.8) is 0 Å². The Balaban J connectivity index is 2.52. The topological polar surface area (TPSA) is 26.0 Å². The fourth-order valence-electron chi connectivity index (χ4n) is 1.02. The maximum absolute atomic E-state index is 5.70. The minimum absolute atomic E-state index is 0.241. The Bertz CT molecular complexity index is 404. The van der Waals surface area contributed by atoms with Gasteiger partial charge in [-0.1, -0.05) is 5.92 Å². The molecule has 0 saturated heterocycles. The van der Waals surface area contributed by atoms with Crippen molar-refractivity contribution >= 4 is 32.1 Å². The molecule has 1 unspecified atom stereocenters. The maximum Gasteiger partial charge on any atom is 0.101 e. The van der Waals surface area contributed by atoms with Gasteiger partial charge in [0.25, 0.3) is 0 Å². The number of thiophene rings is 2. The highest BCUT2D eigenvalue weighted by Crippen LogP contribution is 2.32. The summed E-state index contributed by atoms with van der Waals surface area (Å²) in [6.45, 7) is 0. The molecule has 0 aliphatic carbocycles. The highest BCUT2D eigenvalue weighted by atomic mass is 32.1. The molecule has 1 nitrogen and oxygen atoms in total. The number of hydrogen-bond acceptors (Lipinski definition) is 3. The van der Waals surface area contributed by atoms with E-state index in [1.54, 1.807) is 22.7 Å². The second-order valence-corrected chi connectivity index (χ2v) is 4.51. The van der Waals surface area contributed by atoms with E-state index >= 15 is 0 Å². The van der Waals surface area contributed by atoms with Crippen LogP contribution < -0.4 is 5.73 Å². The highest BCUT2D eigenvalue weighted by molar-refractivity contribution is 7.26. The molecule has 0 spiro atoms. The van der Waals surface area contributed by atoms with Crippen molar-refractivity contribution in [2.75, 3.05) is 0 Å². The van der Waals surface area contributed by atoms with Gasteiger partial charge in [0.05, 0.1) is 0 Å². The number of nitrogens with two attached hydrogens (primary N) is 1. The van der Waals surface area contributed by atoms with Crippen LogP contribution in [0.2, 0.25) is 0 Å². The van der Waals surface area contributed by atoms with E-state index in [-0.39, 0.29) is 6.04 Å². The van der Waals surface area contributed by atoms with Crippen molar-refractivity contribution < 1.29 is 0 Å². The van der Waals surface area contributed by atoms with Gasteiger partial charge in [-0.25, -0.2) is 0 Å². The van der Waals surface area contributed by atoms with Crippen LogP contribution in [0.25, 0.3) is 9.40 Å². The predicted molar refractivity (Wildman–Crippen MR) is 55.5 cm³/mol. The summed E-state index contributed by atoms with van der Waals surface area (Å²) in [6.07, 6.45) is 5.23. The second kappa shape index (κ2) is 2.91. The number of terminal acetylenes is 1. The number of rotatable bonds is 1. The van der Waals surface area contributed by atoms with Crippen LogP contribution in [0.5, 0.6) is 0 Å². The first kappa shape index (κ1) is 7.81. The SMILES string of the molecule is C#CC(N)c1cc2sccc2s1. The fourth-order valence-corrected chi connectivity index (χ4v) is 3.10. The zero-order valence-electron chi connectivity index (χ0n) is 6.28. The summed E-state index contributed by atoms with van der Waals surface area (Å²) >= 11 is 3.40. The Hall–Kier alpha value is -0.820. The van der Waals surface area contributed by atoms with E-state index in [0.29, 0.717) is 0 Å². The maximum atomic E-state index is 5.70. The van der Waals surface area contributed by atoms with Crippen molar-refractivity contribution in [2.24, 2.45) is 5.73 Å². The minimum Gasteiger partial charge on any atom is -0.313 e. The van der Waals surface area contributed by atoms with Crippen LogP contribution in [-0.4, -0.2) is 0 Å². The van der Waals surface area contributed by atoms with E-state index in [0.717, 1.165) is 4.88 Å². The molecule has 2 aromatic heterocycles. The molecular weight excluding hydrogens is 186 g/mol. The fraction of sp³-hybridized carbons (Fsp3) is 0.111. The Kier molecular flexibility index (Phi) is 1.89. The quantitative estimate of drug-likeness (QED) is 0.692. The molecule has 2 N–H and O–H groups in total. The van der Waals surface area contributed by atoms with E-state index in [9.17, 15) is 0 Å². The van der Waals surface area contributed by atoms with Crippen LogP contribution >= 0.6 is 22.7 Å². The molecule has 2 aromatic rings. The van der Waals surface area contributed by atoms with Crippen molar-refractivity contribution in [3.8, 4) is 12.3 Å². The summed E-state index contributed by atoms with van der Waals surface area (Å²) in [5, 5.41) is 2.08. The normalized spacial score (nSPS) is 13.0. The molecule has 1 atom stereocenters. The first-order valence-electron chi connectivity index (χ1n) is 3.50. The van der Waals surface area contributed by atoms with Gasteiger partial charge in [0.1, 0.15) is 6.04 Å². The molecule has 0 aliphatic heterocycles. The average molecular weight is 193 g/mol. The lowest BCUT2D eigenvalue weighted by Crippen LogP contribution is -2.04. The summed E-state index contributed by atoms with van der Waals surface area (Å²) < 4.78 is 2.56. The largest absolute Gasteiger partial charge is 0.313 e. The molecule has 2 heterocycles. The summed E-state index contributed by atoms with van der Waals surface area (Å²) in [4.78, 5) is 1.08. The van der Waals surface area contributed by atoms with Gasteiger partial charge in [0, 0.05) is 14.3 Å². The van der Waals surface area contributed by atoms with Gasteiger partial charge in [0.2, 0.25) is 0 Å². The molecule has 60 valence electrons.